The first-order valence-electron chi connectivity index (χ1n) is 4.82. The maximum absolute atomic E-state index is 13.7. The van der Waals surface area contributed by atoms with Gasteiger partial charge in [0.05, 0.1) is 10.6 Å². The molecular weight excluding hydrogens is 249 g/mol. The molecule has 87 valence electrons. The molecule has 0 aromatic heterocycles. The average Bonchev–Trinajstić information content (AvgIpc) is 2.19. The van der Waals surface area contributed by atoms with Crippen LogP contribution in [0.2, 0.25) is 5.02 Å². The topological polar surface area (TPSA) is 0 Å². The Bertz CT molecular complexity index is 556. The Morgan fingerprint density at radius 3 is 2.18 bits per heavy atom. The van der Waals surface area contributed by atoms with Crippen molar-refractivity contribution in [2.75, 3.05) is 0 Å². The van der Waals surface area contributed by atoms with Gasteiger partial charge in [0, 0.05) is 5.56 Å². The Balaban J connectivity index is 2.68. The lowest BCUT2D eigenvalue weighted by atomic mass is 10.0. The number of benzene rings is 2. The quantitative estimate of drug-likeness (QED) is 0.702. The number of hydrogen-bond acceptors (Lipinski definition) is 0. The van der Waals surface area contributed by atoms with Crippen LogP contribution in [0.4, 0.5) is 13.2 Å². The summed E-state index contributed by atoms with van der Waals surface area (Å²) < 4.78 is 40.2. The minimum absolute atomic E-state index is 0.0167. The molecule has 0 fully saturated rings. The lowest BCUT2D eigenvalue weighted by molar-refractivity contribution is 0.587. The third kappa shape index (κ3) is 2.29. The maximum Gasteiger partial charge on any atom is 0.134 e. The van der Waals surface area contributed by atoms with Gasteiger partial charge in [0.25, 0.3) is 0 Å². The second-order valence-electron chi connectivity index (χ2n) is 3.64. The Kier molecular flexibility index (Phi) is 3.11. The zero-order chi connectivity index (χ0) is 12.6. The molecule has 0 nitrogen and oxygen atoms in total. The molecule has 2 rings (SSSR count). The second kappa shape index (κ2) is 4.41. The van der Waals surface area contributed by atoms with Crippen LogP contribution in [-0.2, 0) is 0 Å². The van der Waals surface area contributed by atoms with Crippen LogP contribution in [0.1, 0.15) is 5.56 Å². The van der Waals surface area contributed by atoms with Gasteiger partial charge in [0.15, 0.2) is 0 Å². The molecular formula is C13H7ClF3. The molecule has 2 aromatic rings. The van der Waals surface area contributed by atoms with Gasteiger partial charge in [-0.25, -0.2) is 13.2 Å². The summed E-state index contributed by atoms with van der Waals surface area (Å²) in [5, 5.41) is -0.0772. The first-order chi connectivity index (χ1) is 7.99. The number of rotatable bonds is 1. The first kappa shape index (κ1) is 12.0. The molecule has 0 unspecified atom stereocenters. The SMILES string of the molecule is Cc1cc(F)c(-c2[c]cc(F)cc2Cl)c(F)c1. The molecule has 0 heterocycles. The molecule has 0 saturated carbocycles. The van der Waals surface area contributed by atoms with Crippen molar-refractivity contribution >= 4 is 11.6 Å². The zero-order valence-corrected chi connectivity index (χ0v) is 9.58. The lowest BCUT2D eigenvalue weighted by Gasteiger charge is -2.08. The monoisotopic (exact) mass is 255 g/mol. The summed E-state index contributed by atoms with van der Waals surface area (Å²) >= 11 is 5.74. The predicted octanol–water partition coefficient (Wildman–Crippen LogP) is 4.53. The van der Waals surface area contributed by atoms with E-state index in [1.54, 1.807) is 6.92 Å². The van der Waals surface area contributed by atoms with Crippen molar-refractivity contribution in [2.24, 2.45) is 0 Å². The molecule has 0 aliphatic rings. The Morgan fingerprint density at radius 1 is 1.06 bits per heavy atom. The summed E-state index contributed by atoms with van der Waals surface area (Å²) in [4.78, 5) is 0. The first-order valence-corrected chi connectivity index (χ1v) is 5.19. The standard InChI is InChI=1S/C13H7ClF3/c1-7-4-11(16)13(12(17)5-7)9-3-2-8(15)6-10(9)14/h2,4-6H,1H3. The predicted molar refractivity (Wildman–Crippen MR) is 60.3 cm³/mol. The molecule has 0 saturated heterocycles. The van der Waals surface area contributed by atoms with Crippen molar-refractivity contribution in [3.8, 4) is 11.1 Å². The summed E-state index contributed by atoms with van der Waals surface area (Å²) in [5.74, 6) is -2.09. The van der Waals surface area contributed by atoms with Crippen LogP contribution < -0.4 is 0 Å². The van der Waals surface area contributed by atoms with Gasteiger partial charge in [-0.1, -0.05) is 11.6 Å². The molecule has 17 heavy (non-hydrogen) atoms. The highest BCUT2D eigenvalue weighted by Gasteiger charge is 2.15. The van der Waals surface area contributed by atoms with E-state index in [4.69, 9.17) is 11.6 Å². The van der Waals surface area contributed by atoms with Gasteiger partial charge in [-0.3, -0.25) is 0 Å². The number of hydrogen-bond donors (Lipinski definition) is 0. The van der Waals surface area contributed by atoms with Crippen LogP contribution in [0.25, 0.3) is 11.1 Å². The van der Waals surface area contributed by atoms with Crippen LogP contribution >= 0.6 is 11.6 Å². The van der Waals surface area contributed by atoms with Crippen molar-refractivity contribution in [3.05, 3.63) is 58.4 Å². The van der Waals surface area contributed by atoms with E-state index < -0.39 is 17.5 Å². The van der Waals surface area contributed by atoms with Gasteiger partial charge in [-0.15, -0.1) is 0 Å². The molecule has 0 aliphatic carbocycles. The minimum atomic E-state index is -0.743. The van der Waals surface area contributed by atoms with Gasteiger partial charge >= 0.3 is 0 Å². The molecule has 4 heteroatoms. The highest BCUT2D eigenvalue weighted by molar-refractivity contribution is 6.33. The minimum Gasteiger partial charge on any atom is -0.207 e. The van der Waals surface area contributed by atoms with Crippen molar-refractivity contribution in [3.63, 3.8) is 0 Å². The Morgan fingerprint density at radius 2 is 1.65 bits per heavy atom. The summed E-state index contributed by atoms with van der Waals surface area (Å²) in [5.41, 5.74) is 0.186. The van der Waals surface area contributed by atoms with Crippen molar-refractivity contribution in [1.29, 1.82) is 0 Å². The molecule has 0 N–H and O–H groups in total. The van der Waals surface area contributed by atoms with Gasteiger partial charge in [0.2, 0.25) is 0 Å². The van der Waals surface area contributed by atoms with Gasteiger partial charge in [-0.05, 0) is 42.8 Å². The van der Waals surface area contributed by atoms with Gasteiger partial charge in [-0.2, -0.15) is 0 Å². The number of halogens is 4. The lowest BCUT2D eigenvalue weighted by Crippen LogP contribution is -1.93. The van der Waals surface area contributed by atoms with E-state index in [2.05, 4.69) is 6.07 Å². The van der Waals surface area contributed by atoms with E-state index in [1.807, 2.05) is 0 Å². The molecule has 0 aliphatic heterocycles. The van der Waals surface area contributed by atoms with E-state index in [9.17, 15) is 13.2 Å². The van der Waals surface area contributed by atoms with Gasteiger partial charge in [0.1, 0.15) is 17.5 Å². The largest absolute Gasteiger partial charge is 0.207 e. The van der Waals surface area contributed by atoms with Crippen LogP contribution in [-0.4, -0.2) is 0 Å². The van der Waals surface area contributed by atoms with E-state index in [0.717, 1.165) is 12.1 Å². The summed E-state index contributed by atoms with van der Waals surface area (Å²) in [7, 11) is 0. The number of aryl methyl sites for hydroxylation is 1. The fourth-order valence-electron chi connectivity index (χ4n) is 1.58. The third-order valence-corrected chi connectivity index (χ3v) is 2.59. The average molecular weight is 256 g/mol. The fourth-order valence-corrected chi connectivity index (χ4v) is 1.83. The van der Waals surface area contributed by atoms with Crippen LogP contribution in [0, 0.1) is 30.4 Å². The highest BCUT2D eigenvalue weighted by atomic mass is 35.5. The van der Waals surface area contributed by atoms with Crippen LogP contribution in [0.5, 0.6) is 0 Å². The molecule has 0 atom stereocenters. The van der Waals surface area contributed by atoms with Crippen LogP contribution in [0.15, 0.2) is 24.3 Å². The third-order valence-electron chi connectivity index (χ3n) is 2.29. The van der Waals surface area contributed by atoms with Crippen LogP contribution in [0.3, 0.4) is 0 Å². The van der Waals surface area contributed by atoms with Crippen molar-refractivity contribution in [1.82, 2.24) is 0 Å². The highest BCUT2D eigenvalue weighted by Crippen LogP contribution is 2.32. The smallest absolute Gasteiger partial charge is 0.134 e. The van der Waals surface area contributed by atoms with E-state index in [1.165, 1.54) is 12.1 Å². The van der Waals surface area contributed by atoms with E-state index >= 15 is 0 Å². The Labute approximate surface area is 102 Å². The molecule has 0 spiro atoms. The molecule has 0 bridgehead atoms. The Hall–Kier alpha value is -1.48. The van der Waals surface area contributed by atoms with Crippen molar-refractivity contribution in [2.45, 2.75) is 6.92 Å². The summed E-state index contributed by atoms with van der Waals surface area (Å²) in [6.45, 7) is 1.58. The normalized spacial score (nSPS) is 10.6. The maximum atomic E-state index is 13.7. The summed E-state index contributed by atoms with van der Waals surface area (Å²) in [6, 6.07) is 6.79. The van der Waals surface area contributed by atoms with Gasteiger partial charge < -0.3 is 0 Å². The second-order valence-corrected chi connectivity index (χ2v) is 4.05. The fraction of sp³-hybridized carbons (Fsp3) is 0.0769. The van der Waals surface area contributed by atoms with Crippen molar-refractivity contribution < 1.29 is 13.2 Å². The molecule has 2 aromatic carbocycles. The summed E-state index contributed by atoms with van der Waals surface area (Å²) in [6.07, 6.45) is 0. The van der Waals surface area contributed by atoms with E-state index in [0.29, 0.717) is 5.56 Å². The van der Waals surface area contributed by atoms with E-state index in [-0.39, 0.29) is 16.1 Å². The molecule has 0 amide bonds. The molecule has 1 radical (unpaired) electrons. The zero-order valence-electron chi connectivity index (χ0n) is 8.82.